The van der Waals surface area contributed by atoms with Crippen molar-refractivity contribution in [3.63, 3.8) is 0 Å². The summed E-state index contributed by atoms with van der Waals surface area (Å²) in [6.07, 6.45) is 2.46. The maximum Gasteiger partial charge on any atom is 0.276 e. The number of pyridine rings is 2. The van der Waals surface area contributed by atoms with E-state index < -0.39 is 0 Å². The number of aromatic nitrogens is 3. The molecule has 0 aliphatic carbocycles. The van der Waals surface area contributed by atoms with Crippen LogP contribution in [0.3, 0.4) is 0 Å². The molecule has 0 atom stereocenters. The molecule has 8 heteroatoms. The number of ketones is 1. The molecular weight excluding hydrogens is 382 g/mol. The van der Waals surface area contributed by atoms with Crippen LogP contribution in [0, 0.1) is 13.8 Å². The molecule has 1 fully saturated rings. The van der Waals surface area contributed by atoms with E-state index in [1.54, 1.807) is 42.3 Å². The summed E-state index contributed by atoms with van der Waals surface area (Å²) >= 11 is 0. The Kier molecular flexibility index (Phi) is 5.56. The van der Waals surface area contributed by atoms with Gasteiger partial charge in [-0.3, -0.25) is 14.6 Å². The predicted octanol–water partition coefficient (Wildman–Crippen LogP) is 2.66. The second-order valence-electron chi connectivity index (χ2n) is 7.30. The van der Waals surface area contributed by atoms with E-state index >= 15 is 0 Å². The van der Waals surface area contributed by atoms with Crippen molar-refractivity contribution in [1.29, 1.82) is 0 Å². The summed E-state index contributed by atoms with van der Waals surface area (Å²) in [6.45, 7) is 6.13. The summed E-state index contributed by atoms with van der Waals surface area (Å²) in [5.74, 6) is 1.08. The van der Waals surface area contributed by atoms with Gasteiger partial charge in [0, 0.05) is 49.7 Å². The number of hydrogen-bond donors (Lipinski definition) is 0. The molecule has 0 aromatic carbocycles. The third-order valence-electron chi connectivity index (χ3n) is 5.17. The van der Waals surface area contributed by atoms with Crippen molar-refractivity contribution < 1.29 is 14.1 Å². The lowest BCUT2D eigenvalue weighted by atomic mass is 10.1. The van der Waals surface area contributed by atoms with Crippen LogP contribution in [0.25, 0.3) is 0 Å². The predicted molar refractivity (Wildman–Crippen MR) is 111 cm³/mol. The number of anilines is 1. The van der Waals surface area contributed by atoms with E-state index in [1.807, 2.05) is 19.1 Å². The lowest BCUT2D eigenvalue weighted by Crippen LogP contribution is -2.35. The Hall–Kier alpha value is -3.55. The maximum atomic E-state index is 12.9. The number of rotatable bonds is 4. The molecule has 0 saturated carbocycles. The fourth-order valence-corrected chi connectivity index (χ4v) is 3.57. The third-order valence-corrected chi connectivity index (χ3v) is 5.17. The zero-order chi connectivity index (χ0) is 21.1. The lowest BCUT2D eigenvalue weighted by Gasteiger charge is -2.22. The highest BCUT2D eigenvalue weighted by atomic mass is 16.5. The first kappa shape index (κ1) is 19.8. The molecule has 1 saturated heterocycles. The zero-order valence-corrected chi connectivity index (χ0v) is 17.0. The molecule has 0 unspecified atom stereocenters. The molecule has 0 radical (unpaired) electrons. The van der Waals surface area contributed by atoms with Gasteiger partial charge in [-0.2, -0.15) is 0 Å². The molecule has 3 aromatic rings. The third kappa shape index (κ3) is 4.07. The van der Waals surface area contributed by atoms with Gasteiger partial charge in [-0.15, -0.1) is 0 Å². The van der Waals surface area contributed by atoms with E-state index in [2.05, 4.69) is 20.0 Å². The molecule has 4 heterocycles. The largest absolute Gasteiger partial charge is 0.361 e. The fraction of sp³-hybridized carbons (Fsp3) is 0.318. The van der Waals surface area contributed by atoms with Crippen LogP contribution < -0.4 is 4.90 Å². The molecule has 1 amide bonds. The molecule has 154 valence electrons. The average molecular weight is 405 g/mol. The van der Waals surface area contributed by atoms with Crippen LogP contribution in [0.2, 0.25) is 0 Å². The Bertz CT molecular complexity index is 1080. The number of nitrogens with zero attached hydrogens (tertiary/aromatic N) is 5. The van der Waals surface area contributed by atoms with Gasteiger partial charge >= 0.3 is 0 Å². The number of aryl methyl sites for hydroxylation is 2. The molecule has 4 rings (SSSR count). The zero-order valence-electron chi connectivity index (χ0n) is 17.0. The highest BCUT2D eigenvalue weighted by Gasteiger charge is 2.23. The van der Waals surface area contributed by atoms with Crippen molar-refractivity contribution in [1.82, 2.24) is 20.0 Å². The Morgan fingerprint density at radius 1 is 1.00 bits per heavy atom. The van der Waals surface area contributed by atoms with Gasteiger partial charge < -0.3 is 14.3 Å². The number of carbonyl (C=O) groups is 2. The van der Waals surface area contributed by atoms with Gasteiger partial charge in [0.25, 0.3) is 5.91 Å². The summed E-state index contributed by atoms with van der Waals surface area (Å²) in [4.78, 5) is 38.2. The average Bonchev–Trinajstić information content (AvgIpc) is 3.05. The SMILES string of the molecule is Cc1cc(C(=O)N2CCCN(c3cccc(C(=O)c4cccnc4C)n3)CC2)no1. The summed E-state index contributed by atoms with van der Waals surface area (Å²) < 4.78 is 5.02. The van der Waals surface area contributed by atoms with Gasteiger partial charge in [-0.05, 0) is 44.5 Å². The van der Waals surface area contributed by atoms with E-state index in [-0.39, 0.29) is 11.7 Å². The first-order valence-corrected chi connectivity index (χ1v) is 9.94. The Morgan fingerprint density at radius 3 is 2.63 bits per heavy atom. The number of amides is 1. The topological polar surface area (TPSA) is 92.4 Å². The Balaban J connectivity index is 1.48. The monoisotopic (exact) mass is 405 g/mol. The fourth-order valence-electron chi connectivity index (χ4n) is 3.57. The maximum absolute atomic E-state index is 12.9. The summed E-state index contributed by atoms with van der Waals surface area (Å²) in [7, 11) is 0. The van der Waals surface area contributed by atoms with Crippen LogP contribution in [0.5, 0.6) is 0 Å². The minimum Gasteiger partial charge on any atom is -0.361 e. The van der Waals surface area contributed by atoms with Gasteiger partial charge in [0.1, 0.15) is 17.3 Å². The summed E-state index contributed by atoms with van der Waals surface area (Å²) in [5, 5.41) is 3.83. The van der Waals surface area contributed by atoms with E-state index in [1.165, 1.54) is 0 Å². The first-order chi connectivity index (χ1) is 14.5. The number of carbonyl (C=O) groups excluding carboxylic acids is 2. The number of hydrogen-bond acceptors (Lipinski definition) is 7. The van der Waals surface area contributed by atoms with Crippen molar-refractivity contribution in [2.75, 3.05) is 31.1 Å². The normalized spacial score (nSPS) is 14.5. The van der Waals surface area contributed by atoms with Gasteiger partial charge in [0.2, 0.25) is 5.78 Å². The molecule has 0 spiro atoms. The van der Waals surface area contributed by atoms with Crippen molar-refractivity contribution in [2.45, 2.75) is 20.3 Å². The molecule has 0 N–H and O–H groups in total. The first-order valence-electron chi connectivity index (χ1n) is 9.94. The van der Waals surface area contributed by atoms with Gasteiger partial charge in [-0.25, -0.2) is 4.98 Å². The highest BCUT2D eigenvalue weighted by Crippen LogP contribution is 2.18. The van der Waals surface area contributed by atoms with Crippen LogP contribution in [-0.4, -0.2) is 57.9 Å². The summed E-state index contributed by atoms with van der Waals surface area (Å²) in [5.41, 5.74) is 1.96. The van der Waals surface area contributed by atoms with E-state index in [0.29, 0.717) is 48.0 Å². The van der Waals surface area contributed by atoms with Crippen molar-refractivity contribution in [3.8, 4) is 0 Å². The Morgan fingerprint density at radius 2 is 1.87 bits per heavy atom. The van der Waals surface area contributed by atoms with Crippen LogP contribution in [0.15, 0.2) is 47.1 Å². The van der Waals surface area contributed by atoms with E-state index in [9.17, 15) is 9.59 Å². The van der Waals surface area contributed by atoms with Gasteiger partial charge in [-0.1, -0.05) is 11.2 Å². The van der Waals surface area contributed by atoms with Crippen LogP contribution in [-0.2, 0) is 0 Å². The van der Waals surface area contributed by atoms with Crippen LogP contribution in [0.4, 0.5) is 5.82 Å². The van der Waals surface area contributed by atoms with Crippen molar-refractivity contribution in [3.05, 3.63) is 71.0 Å². The quantitative estimate of drug-likeness (QED) is 0.616. The van der Waals surface area contributed by atoms with E-state index in [4.69, 9.17) is 4.52 Å². The smallest absolute Gasteiger partial charge is 0.276 e. The second kappa shape index (κ2) is 8.44. The molecule has 8 nitrogen and oxygen atoms in total. The standard InChI is InChI=1S/C22H23N5O3/c1-15-14-19(25-30-15)22(29)27-11-5-10-26(12-13-27)20-8-3-7-18(24-20)21(28)17-6-4-9-23-16(17)2/h3-4,6-9,14H,5,10-13H2,1-2H3. The summed E-state index contributed by atoms with van der Waals surface area (Å²) in [6, 6.07) is 10.6. The molecular formula is C22H23N5O3. The van der Waals surface area contributed by atoms with Crippen molar-refractivity contribution >= 4 is 17.5 Å². The molecule has 1 aliphatic rings. The van der Waals surface area contributed by atoms with Gasteiger partial charge in [0.15, 0.2) is 5.69 Å². The molecule has 0 bridgehead atoms. The highest BCUT2D eigenvalue weighted by molar-refractivity contribution is 6.08. The minimum absolute atomic E-state index is 0.127. The molecule has 1 aliphatic heterocycles. The van der Waals surface area contributed by atoms with Crippen molar-refractivity contribution in [2.24, 2.45) is 0 Å². The molecule has 30 heavy (non-hydrogen) atoms. The van der Waals surface area contributed by atoms with E-state index in [0.717, 1.165) is 18.8 Å². The Labute approximate surface area is 174 Å². The van der Waals surface area contributed by atoms with Gasteiger partial charge in [0.05, 0.1) is 0 Å². The van der Waals surface area contributed by atoms with Crippen LogP contribution >= 0.6 is 0 Å². The lowest BCUT2D eigenvalue weighted by molar-refractivity contribution is 0.0756. The van der Waals surface area contributed by atoms with Crippen LogP contribution in [0.1, 0.15) is 44.4 Å². The second-order valence-corrected chi connectivity index (χ2v) is 7.30. The minimum atomic E-state index is -0.143. The molecule has 3 aromatic heterocycles.